The number of aryl methyl sites for hydroxylation is 1. The predicted molar refractivity (Wildman–Crippen MR) is 104 cm³/mol. The monoisotopic (exact) mass is 379 g/mol. The molecule has 1 N–H and O–H groups in total. The first-order valence-electron chi connectivity index (χ1n) is 8.99. The molecule has 2 aromatic heterocycles. The summed E-state index contributed by atoms with van der Waals surface area (Å²) in [5, 5.41) is 10.8. The van der Waals surface area contributed by atoms with Crippen LogP contribution in [0.3, 0.4) is 0 Å². The van der Waals surface area contributed by atoms with Crippen LogP contribution in [0.4, 0.5) is 10.1 Å². The Hall–Kier alpha value is -3.55. The third-order valence-electron chi connectivity index (χ3n) is 4.46. The lowest BCUT2D eigenvalue weighted by molar-refractivity contribution is -0.116. The van der Waals surface area contributed by atoms with Crippen LogP contribution in [0.25, 0.3) is 16.7 Å². The van der Waals surface area contributed by atoms with Crippen molar-refractivity contribution in [3.05, 3.63) is 70.5 Å². The van der Waals surface area contributed by atoms with Crippen molar-refractivity contribution in [2.75, 3.05) is 5.32 Å². The topological polar surface area (TPSA) is 81.3 Å². The predicted octanol–water partition coefficient (Wildman–Crippen LogP) is 2.77. The highest BCUT2D eigenvalue weighted by Crippen LogP contribution is 2.16. The van der Waals surface area contributed by atoms with Gasteiger partial charge in [-0.3, -0.25) is 18.6 Å². The van der Waals surface area contributed by atoms with E-state index >= 15 is 0 Å². The second kappa shape index (κ2) is 7.22. The van der Waals surface area contributed by atoms with E-state index in [0.717, 1.165) is 11.9 Å². The number of rotatable bonds is 5. The number of carbonyl (C=O) groups excluding carboxylic acids is 1. The average molecular weight is 379 g/mol. The molecule has 28 heavy (non-hydrogen) atoms. The summed E-state index contributed by atoms with van der Waals surface area (Å²) in [6.07, 6.45) is 1.56. The first-order chi connectivity index (χ1) is 13.6. The zero-order valence-corrected chi connectivity index (χ0v) is 15.2. The van der Waals surface area contributed by atoms with Gasteiger partial charge >= 0.3 is 0 Å². The Labute approximate surface area is 159 Å². The van der Waals surface area contributed by atoms with Crippen LogP contribution < -0.4 is 10.9 Å². The van der Waals surface area contributed by atoms with Gasteiger partial charge in [-0.1, -0.05) is 25.1 Å². The molecule has 0 fully saturated rings. The summed E-state index contributed by atoms with van der Waals surface area (Å²) in [4.78, 5) is 25.5. The fourth-order valence-electron chi connectivity index (χ4n) is 3.27. The molecule has 0 bridgehead atoms. The molecule has 1 amide bonds. The molecule has 4 aromatic rings. The molecule has 142 valence electrons. The van der Waals surface area contributed by atoms with E-state index in [0.29, 0.717) is 23.4 Å². The Morgan fingerprint density at radius 3 is 2.64 bits per heavy atom. The molecular weight excluding hydrogens is 361 g/mol. The minimum Gasteiger partial charge on any atom is -0.324 e. The minimum absolute atomic E-state index is 0.181. The van der Waals surface area contributed by atoms with Crippen molar-refractivity contribution in [3.63, 3.8) is 0 Å². The molecular formula is C20H18FN5O2. The summed E-state index contributed by atoms with van der Waals surface area (Å²) in [5.41, 5.74) is 1.47. The van der Waals surface area contributed by atoms with E-state index in [1.54, 1.807) is 22.6 Å². The maximum atomic E-state index is 13.3. The van der Waals surface area contributed by atoms with Crippen LogP contribution >= 0.6 is 0 Å². The molecule has 0 aliphatic heterocycles. The highest BCUT2D eigenvalue weighted by molar-refractivity contribution is 5.91. The van der Waals surface area contributed by atoms with Crippen molar-refractivity contribution in [1.29, 1.82) is 0 Å². The van der Waals surface area contributed by atoms with Crippen molar-refractivity contribution in [1.82, 2.24) is 19.2 Å². The molecule has 0 spiro atoms. The van der Waals surface area contributed by atoms with Crippen LogP contribution in [0.1, 0.15) is 19.2 Å². The molecule has 2 aromatic carbocycles. The van der Waals surface area contributed by atoms with E-state index < -0.39 is 17.3 Å². The van der Waals surface area contributed by atoms with Gasteiger partial charge in [0.05, 0.1) is 11.0 Å². The number of hydrogen-bond donors (Lipinski definition) is 1. The molecule has 0 aliphatic rings. The van der Waals surface area contributed by atoms with Gasteiger partial charge in [0.15, 0.2) is 0 Å². The fraction of sp³-hybridized carbons (Fsp3) is 0.200. The van der Waals surface area contributed by atoms with Crippen LogP contribution in [0.5, 0.6) is 0 Å². The molecule has 0 saturated heterocycles. The van der Waals surface area contributed by atoms with E-state index in [2.05, 4.69) is 15.5 Å². The van der Waals surface area contributed by atoms with Gasteiger partial charge in [0.2, 0.25) is 11.6 Å². The van der Waals surface area contributed by atoms with Crippen molar-refractivity contribution < 1.29 is 9.18 Å². The lowest BCUT2D eigenvalue weighted by atomic mass is 10.2. The van der Waals surface area contributed by atoms with Gasteiger partial charge in [-0.15, -0.1) is 10.2 Å². The molecule has 0 saturated carbocycles. The minimum atomic E-state index is -0.450. The van der Waals surface area contributed by atoms with E-state index in [1.807, 2.05) is 19.1 Å². The number of para-hydroxylation sites is 2. The molecule has 2 heterocycles. The van der Waals surface area contributed by atoms with Gasteiger partial charge in [-0.2, -0.15) is 0 Å². The first kappa shape index (κ1) is 17.8. The Morgan fingerprint density at radius 2 is 1.89 bits per heavy atom. The van der Waals surface area contributed by atoms with Crippen molar-refractivity contribution in [2.45, 2.75) is 26.3 Å². The van der Waals surface area contributed by atoms with Gasteiger partial charge < -0.3 is 5.32 Å². The van der Waals surface area contributed by atoms with Gasteiger partial charge in [0, 0.05) is 12.1 Å². The average Bonchev–Trinajstić information content (AvgIpc) is 3.10. The summed E-state index contributed by atoms with van der Waals surface area (Å²) in [6, 6.07) is 12.9. The van der Waals surface area contributed by atoms with E-state index in [-0.39, 0.29) is 12.2 Å². The fourth-order valence-corrected chi connectivity index (χ4v) is 3.27. The zero-order valence-electron chi connectivity index (χ0n) is 15.2. The van der Waals surface area contributed by atoms with Crippen LogP contribution in [0.2, 0.25) is 0 Å². The maximum absolute atomic E-state index is 13.3. The Kier molecular flexibility index (Phi) is 4.60. The van der Waals surface area contributed by atoms with E-state index in [9.17, 15) is 14.0 Å². The molecule has 8 heteroatoms. The molecule has 0 radical (unpaired) electrons. The smallest absolute Gasteiger partial charge is 0.297 e. The largest absolute Gasteiger partial charge is 0.324 e. The molecule has 7 nitrogen and oxygen atoms in total. The number of aromatic nitrogens is 4. The van der Waals surface area contributed by atoms with Gasteiger partial charge in [0.1, 0.15) is 18.2 Å². The second-order valence-electron chi connectivity index (χ2n) is 6.46. The van der Waals surface area contributed by atoms with Crippen molar-refractivity contribution in [2.24, 2.45) is 0 Å². The summed E-state index contributed by atoms with van der Waals surface area (Å²) in [6.45, 7) is 1.81. The number of nitrogens with one attached hydrogen (secondary N) is 1. The number of amides is 1. The number of nitrogens with zero attached hydrogens (tertiary/aromatic N) is 4. The lowest BCUT2D eigenvalue weighted by Gasteiger charge is -2.12. The number of benzene rings is 2. The van der Waals surface area contributed by atoms with Gasteiger partial charge in [-0.05, 0) is 36.8 Å². The Bertz CT molecular complexity index is 1240. The van der Waals surface area contributed by atoms with Crippen LogP contribution in [0, 0.1) is 5.82 Å². The second-order valence-corrected chi connectivity index (χ2v) is 6.46. The number of fused-ring (bicyclic) bond motifs is 3. The lowest BCUT2D eigenvalue weighted by Crippen LogP contribution is -2.29. The van der Waals surface area contributed by atoms with E-state index in [1.165, 1.54) is 22.8 Å². The number of carbonyl (C=O) groups is 1. The highest BCUT2D eigenvalue weighted by Gasteiger charge is 2.17. The van der Waals surface area contributed by atoms with Crippen LogP contribution in [-0.4, -0.2) is 25.1 Å². The van der Waals surface area contributed by atoms with Crippen molar-refractivity contribution >= 4 is 28.3 Å². The molecule has 0 aliphatic carbocycles. The standard InChI is InChI=1S/C20H18FN5O2/c1-2-6-17-23-24-19-20(28)25(15-9-3-4-10-16(15)26(17)19)12-18(27)22-14-8-5-7-13(21)11-14/h3-5,7-11H,2,6,12H2,1H3,(H,22,27). The Morgan fingerprint density at radius 1 is 1.11 bits per heavy atom. The Balaban J connectivity index is 1.79. The normalized spacial score (nSPS) is 11.2. The third-order valence-corrected chi connectivity index (χ3v) is 4.46. The molecule has 4 rings (SSSR count). The summed E-state index contributed by atoms with van der Waals surface area (Å²) < 4.78 is 16.4. The maximum Gasteiger partial charge on any atom is 0.297 e. The number of halogens is 1. The highest BCUT2D eigenvalue weighted by atomic mass is 19.1. The summed E-state index contributed by atoms with van der Waals surface area (Å²) in [5.74, 6) is -0.175. The van der Waals surface area contributed by atoms with Crippen LogP contribution in [0.15, 0.2) is 53.3 Å². The van der Waals surface area contributed by atoms with Crippen molar-refractivity contribution in [3.8, 4) is 0 Å². The number of hydrogen-bond acceptors (Lipinski definition) is 4. The SMILES string of the molecule is CCCc1nnc2c(=O)n(CC(=O)Nc3cccc(F)c3)c3ccccc3n12. The first-order valence-corrected chi connectivity index (χ1v) is 8.99. The van der Waals surface area contributed by atoms with Gasteiger partial charge in [0.25, 0.3) is 5.56 Å². The summed E-state index contributed by atoms with van der Waals surface area (Å²) >= 11 is 0. The van der Waals surface area contributed by atoms with Crippen LogP contribution in [-0.2, 0) is 17.8 Å². The summed E-state index contributed by atoms with van der Waals surface area (Å²) in [7, 11) is 0. The quantitative estimate of drug-likeness (QED) is 0.578. The number of anilines is 1. The molecule has 0 atom stereocenters. The molecule has 0 unspecified atom stereocenters. The van der Waals surface area contributed by atoms with E-state index in [4.69, 9.17) is 0 Å². The third kappa shape index (κ3) is 3.13. The van der Waals surface area contributed by atoms with Gasteiger partial charge in [-0.25, -0.2) is 4.39 Å². The zero-order chi connectivity index (χ0) is 19.7.